The molecule has 3 aliphatic carbocycles. The summed E-state index contributed by atoms with van der Waals surface area (Å²) in [5.41, 5.74) is -3.59. The molecule has 3 saturated carbocycles. The van der Waals surface area contributed by atoms with E-state index in [1.165, 1.54) is 13.8 Å². The third-order valence-electron chi connectivity index (χ3n) is 12.1. The lowest BCUT2D eigenvalue weighted by Gasteiger charge is -2.69. The minimum atomic E-state index is -1.11. The van der Waals surface area contributed by atoms with Crippen molar-refractivity contribution in [3.63, 3.8) is 0 Å². The molecule has 0 radical (unpaired) electrons. The lowest BCUT2D eigenvalue weighted by Crippen LogP contribution is -2.77. The van der Waals surface area contributed by atoms with Crippen LogP contribution in [0.3, 0.4) is 0 Å². The van der Waals surface area contributed by atoms with E-state index in [-0.39, 0.29) is 50.0 Å². The molecule has 0 bridgehead atoms. The largest absolute Gasteiger partial charge is 0.472 e. The second-order valence-electron chi connectivity index (χ2n) is 14.0. The first kappa shape index (κ1) is 28.8. The maximum absolute atomic E-state index is 15.0. The lowest BCUT2D eigenvalue weighted by molar-refractivity contribution is -0.284. The van der Waals surface area contributed by atoms with Crippen LogP contribution in [0.25, 0.3) is 0 Å². The minimum absolute atomic E-state index is 0.186. The number of furan rings is 1. The Bertz CT molecular complexity index is 1250. The van der Waals surface area contributed by atoms with Crippen molar-refractivity contribution in [3.8, 4) is 0 Å². The maximum atomic E-state index is 15.0. The highest BCUT2D eigenvalue weighted by atomic mass is 16.6. The van der Waals surface area contributed by atoms with Gasteiger partial charge in [-0.2, -0.15) is 0 Å². The second-order valence-corrected chi connectivity index (χ2v) is 14.0. The molecule has 5 aliphatic rings. The summed E-state index contributed by atoms with van der Waals surface area (Å²) in [6.07, 6.45) is 1.45. The first-order valence-corrected chi connectivity index (χ1v) is 14.7. The average Bonchev–Trinajstić information content (AvgIpc) is 3.25. The number of aliphatic hydroxyl groups excluding tert-OH is 2. The van der Waals surface area contributed by atoms with Gasteiger partial charge in [0.25, 0.3) is 0 Å². The van der Waals surface area contributed by atoms with E-state index in [1.54, 1.807) is 12.5 Å². The van der Waals surface area contributed by atoms with E-state index < -0.39 is 63.4 Å². The SMILES string of the molecule is CC(=O)O[C@H]1C(=O)C2[C@]3(C)COC[C@@](C)([C@@H](CCO)OC(C)=O)C3C[C@@H](O)[C@@]2(C)[C@@]23O[C@@H]2C[C@@H](c2ccoc2)[C@]13C. The predicted octanol–water partition coefficient (Wildman–Crippen LogP) is 2.79. The van der Waals surface area contributed by atoms with Crippen LogP contribution in [0.4, 0.5) is 0 Å². The summed E-state index contributed by atoms with van der Waals surface area (Å²) in [6.45, 7) is 10.8. The number of ketones is 1. The average molecular weight is 575 g/mol. The number of hydrogen-bond acceptors (Lipinski definition) is 10. The van der Waals surface area contributed by atoms with Crippen molar-refractivity contribution in [1.29, 1.82) is 0 Å². The van der Waals surface area contributed by atoms with Crippen molar-refractivity contribution < 1.29 is 48.0 Å². The Morgan fingerprint density at radius 3 is 2.44 bits per heavy atom. The van der Waals surface area contributed by atoms with E-state index in [0.717, 1.165) is 5.56 Å². The number of fused-ring (bicyclic) bond motifs is 3. The van der Waals surface area contributed by atoms with Gasteiger partial charge in [0, 0.05) is 55.0 Å². The first-order valence-electron chi connectivity index (χ1n) is 14.7. The van der Waals surface area contributed by atoms with Gasteiger partial charge in [0.2, 0.25) is 0 Å². The highest BCUT2D eigenvalue weighted by Crippen LogP contribution is 2.81. The van der Waals surface area contributed by atoms with Gasteiger partial charge >= 0.3 is 11.9 Å². The molecule has 1 aromatic heterocycles. The number of hydrogen-bond donors (Lipinski definition) is 2. The van der Waals surface area contributed by atoms with Crippen molar-refractivity contribution >= 4 is 17.7 Å². The second kappa shape index (κ2) is 9.11. The van der Waals surface area contributed by atoms with Gasteiger partial charge in [-0.15, -0.1) is 0 Å². The zero-order valence-electron chi connectivity index (χ0n) is 24.7. The molecule has 10 heteroatoms. The molecule has 2 aliphatic heterocycles. The Morgan fingerprint density at radius 1 is 1.10 bits per heavy atom. The highest BCUT2D eigenvalue weighted by Gasteiger charge is 2.91. The van der Waals surface area contributed by atoms with Crippen LogP contribution in [-0.2, 0) is 33.3 Å². The fraction of sp³-hybridized carbons (Fsp3) is 0.774. The third kappa shape index (κ3) is 3.42. The summed E-state index contributed by atoms with van der Waals surface area (Å²) in [6, 6.07) is 1.88. The Kier molecular flexibility index (Phi) is 6.41. The van der Waals surface area contributed by atoms with Gasteiger partial charge in [-0.25, -0.2) is 0 Å². The zero-order valence-corrected chi connectivity index (χ0v) is 24.7. The molecule has 2 unspecified atom stereocenters. The highest BCUT2D eigenvalue weighted by molar-refractivity contribution is 5.92. The van der Waals surface area contributed by atoms with Gasteiger partial charge in [0.1, 0.15) is 11.7 Å². The standard InChI is InChI=1S/C31H42O10/c1-16(33)39-22(7-9-32)27(3)14-38-15-28(4)20(27)12-21(35)30(6)25(28)24(36)26(40-17(2)34)29(5)19(18-8-10-37-13-18)11-23-31(29,30)41-23/h8,10,13,19-23,25-26,32,35H,7,9,11-12,14-15H2,1-6H3/t19-,20?,21+,22+,23+,25?,26-,27+,28+,29+,30+,31+/m0/s1. The summed E-state index contributed by atoms with van der Waals surface area (Å²) in [4.78, 5) is 39.6. The molecule has 3 heterocycles. The molecule has 6 rings (SSSR count). The van der Waals surface area contributed by atoms with Crippen molar-refractivity contribution in [2.24, 2.45) is 33.5 Å². The lowest BCUT2D eigenvalue weighted by atomic mass is 9.36. The van der Waals surface area contributed by atoms with Crippen LogP contribution in [0.15, 0.2) is 23.0 Å². The van der Waals surface area contributed by atoms with Gasteiger partial charge in [0.15, 0.2) is 11.9 Å². The molecule has 2 N–H and O–H groups in total. The summed E-state index contributed by atoms with van der Waals surface area (Å²) in [5, 5.41) is 22.1. The van der Waals surface area contributed by atoms with Crippen molar-refractivity contribution in [1.82, 2.24) is 0 Å². The van der Waals surface area contributed by atoms with E-state index in [9.17, 15) is 24.6 Å². The Labute approximate surface area is 240 Å². The zero-order chi connectivity index (χ0) is 29.8. The van der Waals surface area contributed by atoms with Crippen LogP contribution in [0, 0.1) is 33.5 Å². The van der Waals surface area contributed by atoms with Gasteiger partial charge in [-0.05, 0) is 30.4 Å². The van der Waals surface area contributed by atoms with Crippen LogP contribution in [0.1, 0.15) is 72.3 Å². The number of epoxide rings is 1. The van der Waals surface area contributed by atoms with Gasteiger partial charge in [-0.3, -0.25) is 14.4 Å². The van der Waals surface area contributed by atoms with Crippen molar-refractivity contribution in [2.75, 3.05) is 19.8 Å². The van der Waals surface area contributed by atoms with Gasteiger partial charge in [-0.1, -0.05) is 27.7 Å². The molecular weight excluding hydrogens is 532 g/mol. The van der Waals surface area contributed by atoms with Crippen molar-refractivity contribution in [3.05, 3.63) is 24.2 Å². The van der Waals surface area contributed by atoms with E-state index in [0.29, 0.717) is 12.8 Å². The number of carbonyl (C=O) groups excluding carboxylic acids is 3. The molecule has 12 atom stereocenters. The maximum Gasteiger partial charge on any atom is 0.303 e. The van der Waals surface area contributed by atoms with E-state index >= 15 is 0 Å². The first-order chi connectivity index (χ1) is 19.2. The topological polar surface area (TPSA) is 145 Å². The fourth-order valence-corrected chi connectivity index (χ4v) is 10.6. The van der Waals surface area contributed by atoms with E-state index in [2.05, 4.69) is 0 Å². The molecule has 1 spiro atoms. The monoisotopic (exact) mass is 574 g/mol. The molecule has 226 valence electrons. The number of ether oxygens (including phenoxy) is 4. The summed E-state index contributed by atoms with van der Waals surface area (Å²) in [5.74, 6) is -2.54. The molecule has 0 amide bonds. The molecule has 1 aromatic rings. The summed E-state index contributed by atoms with van der Waals surface area (Å²) >= 11 is 0. The molecule has 2 saturated heterocycles. The van der Waals surface area contributed by atoms with Gasteiger partial charge in [0.05, 0.1) is 43.4 Å². The summed E-state index contributed by atoms with van der Waals surface area (Å²) < 4.78 is 30.0. The third-order valence-corrected chi connectivity index (χ3v) is 12.1. The van der Waals surface area contributed by atoms with E-state index in [1.807, 2.05) is 33.8 Å². The molecular formula is C31H42O10. The fourth-order valence-electron chi connectivity index (χ4n) is 10.6. The number of aliphatic hydroxyl groups is 2. The normalized spacial score (nSPS) is 48.7. The smallest absolute Gasteiger partial charge is 0.303 e. The minimum Gasteiger partial charge on any atom is -0.472 e. The van der Waals surface area contributed by atoms with Gasteiger partial charge < -0.3 is 33.6 Å². The molecule has 0 aromatic carbocycles. The van der Waals surface area contributed by atoms with Crippen LogP contribution in [0.2, 0.25) is 0 Å². The number of rotatable bonds is 6. The number of esters is 2. The molecule has 10 nitrogen and oxygen atoms in total. The Hall–Kier alpha value is -2.27. The quantitative estimate of drug-likeness (QED) is 0.384. The van der Waals surface area contributed by atoms with E-state index in [4.69, 9.17) is 23.4 Å². The van der Waals surface area contributed by atoms with Crippen LogP contribution in [0.5, 0.6) is 0 Å². The Morgan fingerprint density at radius 2 is 1.83 bits per heavy atom. The van der Waals surface area contributed by atoms with Crippen LogP contribution < -0.4 is 0 Å². The predicted molar refractivity (Wildman–Crippen MR) is 142 cm³/mol. The van der Waals surface area contributed by atoms with Crippen LogP contribution >= 0.6 is 0 Å². The Balaban J connectivity index is 1.51. The molecule has 41 heavy (non-hydrogen) atoms. The summed E-state index contributed by atoms with van der Waals surface area (Å²) in [7, 11) is 0. The van der Waals surface area contributed by atoms with Crippen LogP contribution in [-0.4, -0.2) is 77.8 Å². The van der Waals surface area contributed by atoms with Crippen molar-refractivity contribution in [2.45, 2.75) is 96.7 Å². The molecule has 5 fully saturated rings. The number of carbonyl (C=O) groups is 3. The number of Topliss-reactive ketones (excluding diaryl/α,β-unsaturated/α-hetero) is 1.